The van der Waals surface area contributed by atoms with Crippen molar-refractivity contribution in [2.24, 2.45) is 0 Å². The van der Waals surface area contributed by atoms with Crippen LogP contribution in [0.15, 0.2) is 12.1 Å². The largest absolute Gasteiger partial charge is 0.391 e. The van der Waals surface area contributed by atoms with Gasteiger partial charge < -0.3 is 11.1 Å². The van der Waals surface area contributed by atoms with E-state index in [4.69, 9.17) is 5.73 Å². The molecule has 0 aromatic carbocycles. The number of anilines is 1. The third-order valence-electron chi connectivity index (χ3n) is 2.05. The van der Waals surface area contributed by atoms with Crippen LogP contribution in [0.25, 0.3) is 0 Å². The van der Waals surface area contributed by atoms with E-state index in [0.717, 1.165) is 11.5 Å². The number of nitrogen functional groups attached to an aromatic ring is 1. The van der Waals surface area contributed by atoms with Crippen LogP contribution in [0.1, 0.15) is 23.8 Å². The lowest BCUT2D eigenvalue weighted by atomic mass is 10.2. The molecule has 3 heteroatoms. The Labute approximate surface area is 70.4 Å². The summed E-state index contributed by atoms with van der Waals surface area (Å²) in [5, 5.41) is 4.37. The average Bonchev–Trinajstić information content (AvgIpc) is 2.55. The standard InChI is InChI=1S/C8H12N2S/c9-8-4-3-7(11-8)6-2-1-5-10-6/h3-4,6,10H,1-2,5,9H2/t6-/m1/s1. The highest BCUT2D eigenvalue weighted by Crippen LogP contribution is 2.29. The molecule has 0 aliphatic carbocycles. The highest BCUT2D eigenvalue weighted by molar-refractivity contribution is 7.15. The number of nitrogens with two attached hydrogens (primary N) is 1. The van der Waals surface area contributed by atoms with E-state index in [-0.39, 0.29) is 0 Å². The van der Waals surface area contributed by atoms with Gasteiger partial charge in [-0.05, 0) is 31.5 Å². The van der Waals surface area contributed by atoms with E-state index >= 15 is 0 Å². The monoisotopic (exact) mass is 168 g/mol. The molecule has 0 bridgehead atoms. The molecule has 1 atom stereocenters. The Bertz CT molecular complexity index is 238. The van der Waals surface area contributed by atoms with E-state index in [9.17, 15) is 0 Å². The SMILES string of the molecule is Nc1ccc([C@H]2CCCN2)s1. The molecular formula is C8H12N2S. The summed E-state index contributed by atoms with van der Waals surface area (Å²) in [6, 6.07) is 4.69. The van der Waals surface area contributed by atoms with Gasteiger partial charge in [0.25, 0.3) is 0 Å². The van der Waals surface area contributed by atoms with Crippen LogP contribution in [0.3, 0.4) is 0 Å². The predicted molar refractivity (Wildman–Crippen MR) is 48.7 cm³/mol. The lowest BCUT2D eigenvalue weighted by molar-refractivity contribution is 0.660. The van der Waals surface area contributed by atoms with Gasteiger partial charge in [0.1, 0.15) is 0 Å². The van der Waals surface area contributed by atoms with Crippen LogP contribution in [0.5, 0.6) is 0 Å². The first-order valence-corrected chi connectivity index (χ1v) is 4.76. The van der Waals surface area contributed by atoms with Gasteiger partial charge in [-0.2, -0.15) is 0 Å². The minimum absolute atomic E-state index is 0.581. The van der Waals surface area contributed by atoms with Gasteiger partial charge in [-0.25, -0.2) is 0 Å². The Morgan fingerprint density at radius 1 is 1.55 bits per heavy atom. The van der Waals surface area contributed by atoms with E-state index in [1.54, 1.807) is 11.3 Å². The van der Waals surface area contributed by atoms with Crippen molar-refractivity contribution in [1.29, 1.82) is 0 Å². The van der Waals surface area contributed by atoms with Crippen LogP contribution in [-0.4, -0.2) is 6.54 Å². The smallest absolute Gasteiger partial charge is 0.0859 e. The molecule has 0 saturated carbocycles. The summed E-state index contributed by atoms with van der Waals surface area (Å²) in [4.78, 5) is 1.39. The van der Waals surface area contributed by atoms with Gasteiger partial charge in [-0.3, -0.25) is 0 Å². The summed E-state index contributed by atoms with van der Waals surface area (Å²) in [5.74, 6) is 0. The Balaban J connectivity index is 2.15. The molecule has 11 heavy (non-hydrogen) atoms. The summed E-state index contributed by atoms with van der Waals surface area (Å²) in [6.45, 7) is 1.16. The van der Waals surface area contributed by atoms with Crippen molar-refractivity contribution in [1.82, 2.24) is 5.32 Å². The molecule has 0 radical (unpaired) electrons. The highest BCUT2D eigenvalue weighted by Gasteiger charge is 2.16. The van der Waals surface area contributed by atoms with E-state index in [0.29, 0.717) is 6.04 Å². The number of rotatable bonds is 1. The molecule has 1 aliphatic rings. The first-order chi connectivity index (χ1) is 5.36. The fraction of sp³-hybridized carbons (Fsp3) is 0.500. The minimum Gasteiger partial charge on any atom is -0.391 e. The molecule has 1 aromatic rings. The normalized spacial score (nSPS) is 24.2. The maximum atomic E-state index is 5.64. The van der Waals surface area contributed by atoms with Gasteiger partial charge in [0, 0.05) is 10.9 Å². The summed E-state index contributed by atoms with van der Waals surface area (Å²) in [7, 11) is 0. The third kappa shape index (κ3) is 1.39. The predicted octanol–water partition coefficient (Wildman–Crippen LogP) is 1.75. The molecule has 0 amide bonds. The molecule has 2 nitrogen and oxygen atoms in total. The Hall–Kier alpha value is -0.540. The number of nitrogens with one attached hydrogen (secondary N) is 1. The molecule has 1 aromatic heterocycles. The second-order valence-electron chi connectivity index (χ2n) is 2.89. The fourth-order valence-corrected chi connectivity index (χ4v) is 2.37. The van der Waals surface area contributed by atoms with Crippen molar-refractivity contribution in [3.8, 4) is 0 Å². The van der Waals surface area contributed by atoms with Crippen molar-refractivity contribution < 1.29 is 0 Å². The molecule has 60 valence electrons. The molecular weight excluding hydrogens is 156 g/mol. The maximum absolute atomic E-state index is 5.64. The number of hydrogen-bond donors (Lipinski definition) is 2. The summed E-state index contributed by atoms with van der Waals surface area (Å²) < 4.78 is 0. The first kappa shape index (κ1) is 7.13. The van der Waals surface area contributed by atoms with Crippen LogP contribution in [0, 0.1) is 0 Å². The Morgan fingerprint density at radius 3 is 3.00 bits per heavy atom. The van der Waals surface area contributed by atoms with Crippen LogP contribution in [0.2, 0.25) is 0 Å². The highest BCUT2D eigenvalue weighted by atomic mass is 32.1. The zero-order chi connectivity index (χ0) is 7.68. The van der Waals surface area contributed by atoms with Crippen molar-refractivity contribution in [3.05, 3.63) is 17.0 Å². The average molecular weight is 168 g/mol. The Morgan fingerprint density at radius 2 is 2.45 bits per heavy atom. The molecule has 1 saturated heterocycles. The quantitative estimate of drug-likeness (QED) is 0.670. The van der Waals surface area contributed by atoms with Gasteiger partial charge in [0.15, 0.2) is 0 Å². The minimum atomic E-state index is 0.581. The molecule has 2 rings (SSSR count). The van der Waals surface area contributed by atoms with Crippen LogP contribution >= 0.6 is 11.3 Å². The van der Waals surface area contributed by atoms with Crippen LogP contribution in [0.4, 0.5) is 5.00 Å². The lowest BCUT2D eigenvalue weighted by Crippen LogP contribution is -2.11. The topological polar surface area (TPSA) is 38.0 Å². The summed E-state index contributed by atoms with van der Waals surface area (Å²) in [5.41, 5.74) is 5.64. The van der Waals surface area contributed by atoms with Crippen LogP contribution < -0.4 is 11.1 Å². The van der Waals surface area contributed by atoms with Gasteiger partial charge in [0.05, 0.1) is 5.00 Å². The van der Waals surface area contributed by atoms with Gasteiger partial charge in [-0.15, -0.1) is 11.3 Å². The molecule has 0 unspecified atom stereocenters. The fourth-order valence-electron chi connectivity index (χ4n) is 1.48. The van der Waals surface area contributed by atoms with Crippen LogP contribution in [-0.2, 0) is 0 Å². The van der Waals surface area contributed by atoms with Crippen molar-refractivity contribution in [2.45, 2.75) is 18.9 Å². The number of hydrogen-bond acceptors (Lipinski definition) is 3. The van der Waals surface area contributed by atoms with Gasteiger partial charge in [0.2, 0.25) is 0 Å². The molecule has 1 fully saturated rings. The van der Waals surface area contributed by atoms with E-state index in [1.165, 1.54) is 17.7 Å². The molecule has 0 spiro atoms. The van der Waals surface area contributed by atoms with E-state index in [1.807, 2.05) is 6.07 Å². The zero-order valence-corrected chi connectivity index (χ0v) is 7.16. The van der Waals surface area contributed by atoms with Gasteiger partial charge in [-0.1, -0.05) is 0 Å². The van der Waals surface area contributed by atoms with Crippen molar-refractivity contribution in [2.75, 3.05) is 12.3 Å². The van der Waals surface area contributed by atoms with Gasteiger partial charge >= 0.3 is 0 Å². The second kappa shape index (κ2) is 2.83. The van der Waals surface area contributed by atoms with Crippen molar-refractivity contribution in [3.63, 3.8) is 0 Å². The van der Waals surface area contributed by atoms with E-state index in [2.05, 4.69) is 11.4 Å². The molecule has 3 N–H and O–H groups in total. The Kier molecular flexibility index (Phi) is 1.84. The molecule has 2 heterocycles. The molecule has 1 aliphatic heterocycles. The summed E-state index contributed by atoms with van der Waals surface area (Å²) in [6.07, 6.45) is 2.56. The maximum Gasteiger partial charge on any atom is 0.0859 e. The summed E-state index contributed by atoms with van der Waals surface area (Å²) >= 11 is 1.70. The zero-order valence-electron chi connectivity index (χ0n) is 6.34. The first-order valence-electron chi connectivity index (χ1n) is 3.95. The lowest BCUT2D eigenvalue weighted by Gasteiger charge is -2.05. The van der Waals surface area contributed by atoms with E-state index < -0.39 is 0 Å². The second-order valence-corrected chi connectivity index (χ2v) is 4.04. The third-order valence-corrected chi connectivity index (χ3v) is 3.08. The number of thiophene rings is 1. The van der Waals surface area contributed by atoms with Crippen molar-refractivity contribution >= 4 is 16.3 Å².